The predicted molar refractivity (Wildman–Crippen MR) is 87.1 cm³/mol. The normalized spacial score (nSPS) is 10.5. The summed E-state index contributed by atoms with van der Waals surface area (Å²) in [6.07, 6.45) is 3.79. The Bertz CT molecular complexity index is 842. The van der Waals surface area contributed by atoms with Crippen LogP contribution in [0.5, 0.6) is 11.5 Å². The lowest BCUT2D eigenvalue weighted by Crippen LogP contribution is -2.16. The highest BCUT2D eigenvalue weighted by molar-refractivity contribution is 5.91. The molecule has 3 rings (SSSR count). The lowest BCUT2D eigenvalue weighted by Gasteiger charge is -2.09. The minimum absolute atomic E-state index is 0.145. The van der Waals surface area contributed by atoms with Crippen molar-refractivity contribution in [1.29, 1.82) is 0 Å². The third kappa shape index (κ3) is 3.11. The monoisotopic (exact) mass is 311 g/mol. The number of amides is 1. The van der Waals surface area contributed by atoms with Crippen LogP contribution in [0.2, 0.25) is 0 Å². The van der Waals surface area contributed by atoms with E-state index in [2.05, 4.69) is 10.3 Å². The highest BCUT2D eigenvalue weighted by atomic mass is 16.5. The first-order chi connectivity index (χ1) is 11.2. The fourth-order valence-corrected chi connectivity index (χ4v) is 2.38. The van der Waals surface area contributed by atoms with Gasteiger partial charge in [-0.1, -0.05) is 12.1 Å². The Balaban J connectivity index is 1.74. The summed E-state index contributed by atoms with van der Waals surface area (Å²) in [6, 6.07) is 11.2. The van der Waals surface area contributed by atoms with Gasteiger partial charge in [-0.2, -0.15) is 0 Å². The molecule has 3 aromatic rings. The Hall–Kier alpha value is -3.02. The van der Waals surface area contributed by atoms with Gasteiger partial charge in [0.05, 0.1) is 32.4 Å². The van der Waals surface area contributed by atoms with E-state index < -0.39 is 0 Å². The zero-order valence-corrected chi connectivity index (χ0v) is 12.9. The van der Waals surface area contributed by atoms with Crippen molar-refractivity contribution in [3.05, 3.63) is 54.4 Å². The van der Waals surface area contributed by atoms with E-state index in [4.69, 9.17) is 9.47 Å². The maximum Gasteiger partial charge on any atom is 0.231 e. The first kappa shape index (κ1) is 14.9. The van der Waals surface area contributed by atoms with Gasteiger partial charge in [0, 0.05) is 6.20 Å². The molecule has 6 heteroatoms. The molecule has 1 amide bonds. The number of carbonyl (C=O) groups excluding carboxylic acids is 1. The Morgan fingerprint density at radius 1 is 1.17 bits per heavy atom. The van der Waals surface area contributed by atoms with Crippen LogP contribution in [0.3, 0.4) is 0 Å². The number of hydrogen-bond acceptors (Lipinski definition) is 4. The third-order valence-corrected chi connectivity index (χ3v) is 3.50. The first-order valence-electron chi connectivity index (χ1n) is 7.14. The highest BCUT2D eigenvalue weighted by Crippen LogP contribution is 2.27. The summed E-state index contributed by atoms with van der Waals surface area (Å²) in [5.74, 6) is 1.60. The average molecular weight is 311 g/mol. The molecule has 0 aliphatic rings. The number of carbonyl (C=O) groups is 1. The van der Waals surface area contributed by atoms with Crippen molar-refractivity contribution in [3.63, 3.8) is 0 Å². The van der Waals surface area contributed by atoms with Gasteiger partial charge in [0.2, 0.25) is 11.9 Å². The Morgan fingerprint density at radius 3 is 2.78 bits per heavy atom. The van der Waals surface area contributed by atoms with Crippen molar-refractivity contribution in [2.75, 3.05) is 19.5 Å². The van der Waals surface area contributed by atoms with Crippen molar-refractivity contribution in [1.82, 2.24) is 9.38 Å². The third-order valence-electron chi connectivity index (χ3n) is 3.50. The highest BCUT2D eigenvalue weighted by Gasteiger charge is 2.11. The van der Waals surface area contributed by atoms with Crippen LogP contribution < -0.4 is 14.8 Å². The molecule has 0 saturated heterocycles. The summed E-state index contributed by atoms with van der Waals surface area (Å²) >= 11 is 0. The Morgan fingerprint density at radius 2 is 2.00 bits per heavy atom. The van der Waals surface area contributed by atoms with E-state index in [0.29, 0.717) is 17.4 Å². The number of imidazole rings is 1. The summed E-state index contributed by atoms with van der Waals surface area (Å²) in [7, 11) is 3.14. The minimum Gasteiger partial charge on any atom is -0.493 e. The molecule has 23 heavy (non-hydrogen) atoms. The predicted octanol–water partition coefficient (Wildman–Crippen LogP) is 2.53. The molecule has 118 valence electrons. The average Bonchev–Trinajstić information content (AvgIpc) is 2.97. The molecule has 6 nitrogen and oxygen atoms in total. The standard InChI is InChI=1S/C17H17N3O3/c1-22-14-7-6-12(9-15(14)23-2)10-16(21)19-17-18-11-13-5-3-4-8-20(13)17/h3-9,11H,10H2,1-2H3,(H,18,19,21). The van der Waals surface area contributed by atoms with Crippen LogP contribution in [-0.2, 0) is 11.2 Å². The second-order valence-corrected chi connectivity index (χ2v) is 4.99. The maximum atomic E-state index is 12.2. The molecule has 0 fully saturated rings. The first-order valence-corrected chi connectivity index (χ1v) is 7.14. The summed E-state index contributed by atoms with van der Waals surface area (Å²) in [5.41, 5.74) is 1.76. The summed E-state index contributed by atoms with van der Waals surface area (Å²) < 4.78 is 12.3. The van der Waals surface area contributed by atoms with E-state index in [9.17, 15) is 4.79 Å². The van der Waals surface area contributed by atoms with Gasteiger partial charge in [-0.05, 0) is 29.8 Å². The van der Waals surface area contributed by atoms with Gasteiger partial charge < -0.3 is 9.47 Å². The SMILES string of the molecule is COc1ccc(CC(=O)Nc2ncc3ccccn23)cc1OC. The molecular weight excluding hydrogens is 294 g/mol. The van der Waals surface area contributed by atoms with Crippen LogP contribution in [0.25, 0.3) is 5.52 Å². The van der Waals surface area contributed by atoms with Crippen LogP contribution in [0.4, 0.5) is 5.95 Å². The van der Waals surface area contributed by atoms with Crippen LogP contribution >= 0.6 is 0 Å². The van der Waals surface area contributed by atoms with Gasteiger partial charge in [0.1, 0.15) is 0 Å². The number of rotatable bonds is 5. The quantitative estimate of drug-likeness (QED) is 0.786. The molecule has 0 aliphatic carbocycles. The van der Waals surface area contributed by atoms with Crippen molar-refractivity contribution in [3.8, 4) is 11.5 Å². The number of aromatic nitrogens is 2. The second-order valence-electron chi connectivity index (χ2n) is 4.99. The van der Waals surface area contributed by atoms with E-state index in [1.54, 1.807) is 32.5 Å². The molecule has 1 aromatic carbocycles. The van der Waals surface area contributed by atoms with Crippen LogP contribution in [0.1, 0.15) is 5.56 Å². The fourth-order valence-electron chi connectivity index (χ4n) is 2.38. The van der Waals surface area contributed by atoms with E-state index in [0.717, 1.165) is 11.1 Å². The number of methoxy groups -OCH3 is 2. The van der Waals surface area contributed by atoms with Crippen molar-refractivity contribution in [2.24, 2.45) is 0 Å². The zero-order valence-electron chi connectivity index (χ0n) is 12.9. The molecule has 0 radical (unpaired) electrons. The molecule has 0 aliphatic heterocycles. The molecule has 0 saturated carbocycles. The number of fused-ring (bicyclic) bond motifs is 1. The van der Waals surface area contributed by atoms with Gasteiger partial charge in [-0.15, -0.1) is 0 Å². The van der Waals surface area contributed by atoms with Gasteiger partial charge in [0.25, 0.3) is 0 Å². The number of ether oxygens (including phenoxy) is 2. The molecule has 0 spiro atoms. The van der Waals surface area contributed by atoms with E-state index in [1.807, 2.05) is 34.9 Å². The molecular formula is C17H17N3O3. The lowest BCUT2D eigenvalue weighted by molar-refractivity contribution is -0.115. The lowest BCUT2D eigenvalue weighted by atomic mass is 10.1. The van der Waals surface area contributed by atoms with Crippen molar-refractivity contribution >= 4 is 17.4 Å². The Labute approximate surface area is 133 Å². The zero-order chi connectivity index (χ0) is 16.2. The number of pyridine rings is 1. The smallest absolute Gasteiger partial charge is 0.231 e. The molecule has 0 atom stereocenters. The minimum atomic E-state index is -0.145. The van der Waals surface area contributed by atoms with E-state index in [1.165, 1.54) is 0 Å². The molecule has 1 N–H and O–H groups in total. The number of nitrogens with one attached hydrogen (secondary N) is 1. The number of hydrogen-bond donors (Lipinski definition) is 1. The summed E-state index contributed by atoms with van der Waals surface area (Å²) in [5, 5.41) is 2.82. The summed E-state index contributed by atoms with van der Waals surface area (Å²) in [6.45, 7) is 0. The van der Waals surface area contributed by atoms with Crippen LogP contribution in [0, 0.1) is 0 Å². The maximum absolute atomic E-state index is 12.2. The second kappa shape index (κ2) is 6.39. The van der Waals surface area contributed by atoms with Gasteiger partial charge in [-0.25, -0.2) is 4.98 Å². The molecule has 2 heterocycles. The van der Waals surface area contributed by atoms with Crippen molar-refractivity contribution in [2.45, 2.75) is 6.42 Å². The van der Waals surface area contributed by atoms with E-state index in [-0.39, 0.29) is 12.3 Å². The number of nitrogens with zero attached hydrogens (tertiary/aromatic N) is 2. The number of anilines is 1. The number of benzene rings is 1. The van der Waals surface area contributed by atoms with Gasteiger partial charge in [-0.3, -0.25) is 14.5 Å². The van der Waals surface area contributed by atoms with Crippen LogP contribution in [-0.4, -0.2) is 29.5 Å². The van der Waals surface area contributed by atoms with Gasteiger partial charge in [0.15, 0.2) is 11.5 Å². The van der Waals surface area contributed by atoms with Gasteiger partial charge >= 0.3 is 0 Å². The molecule has 0 bridgehead atoms. The molecule has 2 aromatic heterocycles. The summed E-state index contributed by atoms with van der Waals surface area (Å²) in [4.78, 5) is 16.5. The fraction of sp³-hybridized carbons (Fsp3) is 0.176. The van der Waals surface area contributed by atoms with Crippen molar-refractivity contribution < 1.29 is 14.3 Å². The molecule has 0 unspecified atom stereocenters. The van der Waals surface area contributed by atoms with E-state index >= 15 is 0 Å². The topological polar surface area (TPSA) is 64.9 Å². The van der Waals surface area contributed by atoms with Crippen LogP contribution in [0.15, 0.2) is 48.8 Å². The Kier molecular flexibility index (Phi) is 4.14. The largest absolute Gasteiger partial charge is 0.493 e.